The quantitative estimate of drug-likeness (QED) is 0.458. The molecule has 2 aliphatic rings. The molecule has 1 aromatic heterocycles. The summed E-state index contributed by atoms with van der Waals surface area (Å²) in [6, 6.07) is 14.2. The van der Waals surface area contributed by atoms with Crippen LogP contribution in [0, 0.1) is 5.41 Å². The summed E-state index contributed by atoms with van der Waals surface area (Å²) in [5.74, 6) is 2.05. The van der Waals surface area contributed by atoms with Crippen molar-refractivity contribution in [2.24, 2.45) is 5.41 Å². The third kappa shape index (κ3) is 5.38. The standard InChI is InChI=1S/C28H34N4O4/c1-20(21-6-4-3-5-7-21)31-27-22-16-25(24(34-2)17-23(22)29-19-30-27)35-15-13-32-11-8-28(9-12-32)10-14-36-26(33)18-28/h3-7,16-17,19-20H,8-15,18H2,1-2H3,(H,29,30,31)/t20-/m1/s1. The second kappa shape index (κ2) is 10.7. The third-order valence-corrected chi connectivity index (χ3v) is 7.57. The molecule has 2 aromatic carbocycles. The van der Waals surface area contributed by atoms with E-state index in [9.17, 15) is 4.79 Å². The van der Waals surface area contributed by atoms with Crippen LogP contribution in [0.25, 0.3) is 10.9 Å². The van der Waals surface area contributed by atoms with Crippen molar-refractivity contribution in [1.82, 2.24) is 14.9 Å². The molecule has 1 spiro atoms. The molecule has 2 saturated heterocycles. The zero-order valence-electron chi connectivity index (χ0n) is 21.0. The average Bonchev–Trinajstić information content (AvgIpc) is 2.90. The molecule has 3 aromatic rings. The molecule has 1 N–H and O–H groups in total. The number of anilines is 1. The molecule has 3 heterocycles. The van der Waals surface area contributed by atoms with Crippen molar-refractivity contribution in [3.8, 4) is 11.5 Å². The smallest absolute Gasteiger partial charge is 0.306 e. The van der Waals surface area contributed by atoms with Gasteiger partial charge in [-0.2, -0.15) is 0 Å². The van der Waals surface area contributed by atoms with E-state index in [1.54, 1.807) is 13.4 Å². The summed E-state index contributed by atoms with van der Waals surface area (Å²) in [6.45, 7) is 6.00. The largest absolute Gasteiger partial charge is 0.493 e. The summed E-state index contributed by atoms with van der Waals surface area (Å²) in [4.78, 5) is 23.1. The maximum Gasteiger partial charge on any atom is 0.306 e. The van der Waals surface area contributed by atoms with Crippen LogP contribution < -0.4 is 14.8 Å². The number of nitrogens with zero attached hydrogens (tertiary/aromatic N) is 3. The van der Waals surface area contributed by atoms with E-state index in [0.717, 1.165) is 55.6 Å². The number of fused-ring (bicyclic) bond motifs is 1. The molecule has 2 fully saturated rings. The minimum Gasteiger partial charge on any atom is -0.493 e. The summed E-state index contributed by atoms with van der Waals surface area (Å²) in [6.07, 6.45) is 5.18. The van der Waals surface area contributed by atoms with Gasteiger partial charge in [0.15, 0.2) is 11.5 Å². The number of nitrogens with one attached hydrogen (secondary N) is 1. The van der Waals surface area contributed by atoms with Crippen molar-refractivity contribution in [3.63, 3.8) is 0 Å². The van der Waals surface area contributed by atoms with Crippen molar-refractivity contribution in [1.29, 1.82) is 0 Å². The van der Waals surface area contributed by atoms with Crippen molar-refractivity contribution in [3.05, 3.63) is 54.4 Å². The summed E-state index contributed by atoms with van der Waals surface area (Å²) in [5.41, 5.74) is 2.11. The van der Waals surface area contributed by atoms with Gasteiger partial charge in [0, 0.05) is 24.0 Å². The molecular formula is C28H34N4O4. The lowest BCUT2D eigenvalue weighted by molar-refractivity contribution is -0.155. The Bertz CT molecular complexity index is 1190. The molecule has 5 rings (SSSR count). The number of hydrogen-bond donors (Lipinski definition) is 1. The molecule has 2 aliphatic heterocycles. The van der Waals surface area contributed by atoms with Crippen molar-refractivity contribution in [2.45, 2.75) is 38.6 Å². The Morgan fingerprint density at radius 1 is 1.11 bits per heavy atom. The van der Waals surface area contributed by atoms with Crippen LogP contribution in [-0.2, 0) is 9.53 Å². The molecule has 0 aliphatic carbocycles. The highest BCUT2D eigenvalue weighted by atomic mass is 16.5. The van der Waals surface area contributed by atoms with E-state index in [-0.39, 0.29) is 17.4 Å². The van der Waals surface area contributed by atoms with Crippen LogP contribution in [0.3, 0.4) is 0 Å². The van der Waals surface area contributed by atoms with Gasteiger partial charge in [-0.25, -0.2) is 9.97 Å². The molecular weight excluding hydrogens is 456 g/mol. The Morgan fingerprint density at radius 2 is 1.92 bits per heavy atom. The van der Waals surface area contributed by atoms with E-state index in [1.807, 2.05) is 30.3 Å². The predicted octanol–water partition coefficient (Wildman–Crippen LogP) is 4.61. The predicted molar refractivity (Wildman–Crippen MR) is 138 cm³/mol. The fraction of sp³-hybridized carbons (Fsp3) is 0.464. The van der Waals surface area contributed by atoms with Crippen LogP contribution in [0.2, 0.25) is 0 Å². The molecule has 8 nitrogen and oxygen atoms in total. The summed E-state index contributed by atoms with van der Waals surface area (Å²) < 4.78 is 17.0. The zero-order chi connectivity index (χ0) is 25.0. The van der Waals surface area contributed by atoms with E-state index in [4.69, 9.17) is 14.2 Å². The molecule has 0 saturated carbocycles. The molecule has 36 heavy (non-hydrogen) atoms. The lowest BCUT2D eigenvalue weighted by atomic mass is 9.72. The van der Waals surface area contributed by atoms with Crippen molar-refractivity contribution < 1.29 is 19.0 Å². The Balaban J connectivity index is 1.24. The van der Waals surface area contributed by atoms with Crippen LogP contribution in [0.5, 0.6) is 11.5 Å². The number of methoxy groups -OCH3 is 1. The Morgan fingerprint density at radius 3 is 2.67 bits per heavy atom. The van der Waals surface area contributed by atoms with E-state index in [2.05, 4.69) is 39.2 Å². The normalized spacial score (nSPS) is 18.6. The topological polar surface area (TPSA) is 85.8 Å². The SMILES string of the molecule is COc1cc2ncnc(N[C@H](C)c3ccccc3)c2cc1OCCN1CCC2(CCOC(=O)C2)CC1. The highest BCUT2D eigenvalue weighted by Gasteiger charge is 2.39. The Kier molecular flexibility index (Phi) is 7.23. The number of aromatic nitrogens is 2. The lowest BCUT2D eigenvalue weighted by Crippen LogP contribution is -2.45. The molecule has 0 unspecified atom stereocenters. The summed E-state index contributed by atoms with van der Waals surface area (Å²) in [7, 11) is 1.64. The van der Waals surface area contributed by atoms with Gasteiger partial charge >= 0.3 is 5.97 Å². The van der Waals surface area contributed by atoms with Crippen LogP contribution in [-0.4, -0.2) is 60.8 Å². The van der Waals surface area contributed by atoms with Crippen LogP contribution >= 0.6 is 0 Å². The first-order chi connectivity index (χ1) is 17.5. The molecule has 8 heteroatoms. The number of hydrogen-bond acceptors (Lipinski definition) is 8. The monoisotopic (exact) mass is 490 g/mol. The van der Waals surface area contributed by atoms with E-state index >= 15 is 0 Å². The second-order valence-corrected chi connectivity index (χ2v) is 9.86. The Hall–Kier alpha value is -3.39. The van der Waals surface area contributed by atoms with E-state index in [0.29, 0.717) is 31.1 Å². The van der Waals surface area contributed by atoms with Crippen molar-refractivity contribution in [2.75, 3.05) is 45.3 Å². The number of carbonyl (C=O) groups is 1. The number of rotatable bonds is 8. The number of likely N-dealkylation sites (tertiary alicyclic amines) is 1. The Labute approximate surface area is 212 Å². The maximum atomic E-state index is 11.8. The van der Waals surface area contributed by atoms with Gasteiger partial charge < -0.3 is 19.5 Å². The van der Waals surface area contributed by atoms with Gasteiger partial charge in [0.2, 0.25) is 0 Å². The third-order valence-electron chi connectivity index (χ3n) is 7.57. The molecule has 0 bridgehead atoms. The fourth-order valence-electron chi connectivity index (χ4n) is 5.27. The molecule has 0 amide bonds. The zero-order valence-corrected chi connectivity index (χ0v) is 21.0. The minimum atomic E-state index is -0.0440. The van der Waals surface area contributed by atoms with Gasteiger partial charge in [-0.3, -0.25) is 9.69 Å². The number of ether oxygens (including phenoxy) is 3. The summed E-state index contributed by atoms with van der Waals surface area (Å²) in [5, 5.41) is 4.41. The summed E-state index contributed by atoms with van der Waals surface area (Å²) >= 11 is 0. The first kappa shape index (κ1) is 24.3. The number of esters is 1. The molecule has 0 radical (unpaired) electrons. The lowest BCUT2D eigenvalue weighted by Gasteiger charge is -2.43. The van der Waals surface area contributed by atoms with Crippen LogP contribution in [0.1, 0.15) is 44.2 Å². The van der Waals surface area contributed by atoms with Gasteiger partial charge in [-0.1, -0.05) is 30.3 Å². The maximum absolute atomic E-state index is 11.8. The number of piperidine rings is 1. The van der Waals surface area contributed by atoms with E-state index < -0.39 is 0 Å². The van der Waals surface area contributed by atoms with Gasteiger partial charge in [-0.05, 0) is 56.3 Å². The number of benzene rings is 2. The average molecular weight is 491 g/mol. The van der Waals surface area contributed by atoms with Crippen molar-refractivity contribution >= 4 is 22.7 Å². The van der Waals surface area contributed by atoms with Gasteiger partial charge in [0.1, 0.15) is 18.8 Å². The van der Waals surface area contributed by atoms with Crippen LogP contribution in [0.4, 0.5) is 5.82 Å². The van der Waals surface area contributed by atoms with E-state index in [1.165, 1.54) is 5.56 Å². The minimum absolute atomic E-state index is 0.0440. The fourth-order valence-corrected chi connectivity index (χ4v) is 5.27. The highest BCUT2D eigenvalue weighted by Crippen LogP contribution is 2.41. The van der Waals surface area contributed by atoms with Gasteiger partial charge in [0.25, 0.3) is 0 Å². The first-order valence-electron chi connectivity index (χ1n) is 12.7. The second-order valence-electron chi connectivity index (χ2n) is 9.86. The molecule has 1 atom stereocenters. The van der Waals surface area contributed by atoms with Gasteiger partial charge in [-0.15, -0.1) is 0 Å². The number of cyclic esters (lactones) is 1. The van der Waals surface area contributed by atoms with Gasteiger partial charge in [0.05, 0.1) is 25.7 Å². The van der Waals surface area contributed by atoms with Crippen LogP contribution in [0.15, 0.2) is 48.8 Å². The first-order valence-corrected chi connectivity index (χ1v) is 12.7. The molecule has 190 valence electrons. The highest BCUT2D eigenvalue weighted by molar-refractivity contribution is 5.91. The number of carbonyl (C=O) groups excluding carboxylic acids is 1.